The van der Waals surface area contributed by atoms with Crippen LogP contribution in [0.4, 0.5) is 0 Å². The zero-order valence-corrected chi connectivity index (χ0v) is 15.1. The second-order valence-corrected chi connectivity index (χ2v) is 6.17. The van der Waals surface area contributed by atoms with Crippen molar-refractivity contribution < 1.29 is 9.53 Å². The van der Waals surface area contributed by atoms with E-state index in [1.54, 1.807) is 18.9 Å². The molecule has 0 saturated heterocycles. The predicted octanol–water partition coefficient (Wildman–Crippen LogP) is 2.63. The van der Waals surface area contributed by atoms with Crippen molar-refractivity contribution in [1.82, 2.24) is 5.32 Å². The number of methoxy groups -OCH3 is 1. The number of ether oxygens (including phenoxy) is 1. The Morgan fingerprint density at radius 1 is 1.32 bits per heavy atom. The standard InChI is InChI=1S/C16H26N2O2S.ClH/c1-12(18-16(19)15(17)10-11-21-3)4-5-13-6-8-14(20-2)9-7-13;/h6-9,12,15H,4-5,10-11,17H2,1-3H3,(H,18,19);1H/t12?,15-;/m0./s1. The van der Waals surface area contributed by atoms with Gasteiger partial charge in [-0.3, -0.25) is 4.79 Å². The Hall–Kier alpha value is -0.910. The number of benzene rings is 1. The number of carbonyl (C=O) groups excluding carboxylic acids is 1. The molecule has 0 radical (unpaired) electrons. The van der Waals surface area contributed by atoms with E-state index in [0.29, 0.717) is 0 Å². The molecule has 6 heteroatoms. The summed E-state index contributed by atoms with van der Waals surface area (Å²) in [6.45, 7) is 2.02. The summed E-state index contributed by atoms with van der Waals surface area (Å²) in [7, 11) is 1.66. The van der Waals surface area contributed by atoms with Gasteiger partial charge in [-0.1, -0.05) is 12.1 Å². The number of halogens is 1. The molecule has 0 aromatic heterocycles. The molecule has 2 atom stereocenters. The maximum atomic E-state index is 11.9. The van der Waals surface area contributed by atoms with Gasteiger partial charge in [-0.2, -0.15) is 11.8 Å². The summed E-state index contributed by atoms with van der Waals surface area (Å²) >= 11 is 1.71. The molecule has 1 amide bonds. The van der Waals surface area contributed by atoms with E-state index >= 15 is 0 Å². The van der Waals surface area contributed by atoms with Gasteiger partial charge in [0.05, 0.1) is 13.2 Å². The van der Waals surface area contributed by atoms with Crippen molar-refractivity contribution in [3.05, 3.63) is 29.8 Å². The van der Waals surface area contributed by atoms with Crippen molar-refractivity contribution in [1.29, 1.82) is 0 Å². The SMILES string of the molecule is COc1ccc(CCC(C)NC(=O)[C@@H](N)CCSC)cc1.Cl. The summed E-state index contributed by atoms with van der Waals surface area (Å²) < 4.78 is 5.13. The Balaban J connectivity index is 0.00000441. The fourth-order valence-corrected chi connectivity index (χ4v) is 2.46. The summed E-state index contributed by atoms with van der Waals surface area (Å²) in [5, 5.41) is 2.98. The molecule has 0 heterocycles. The average Bonchev–Trinajstić information content (AvgIpc) is 2.50. The molecule has 0 spiro atoms. The monoisotopic (exact) mass is 346 g/mol. The number of rotatable bonds is 9. The van der Waals surface area contributed by atoms with Gasteiger partial charge in [0.2, 0.25) is 5.91 Å². The minimum Gasteiger partial charge on any atom is -0.497 e. The van der Waals surface area contributed by atoms with Crippen molar-refractivity contribution in [3.8, 4) is 5.75 Å². The van der Waals surface area contributed by atoms with Crippen LogP contribution in [0, 0.1) is 0 Å². The average molecular weight is 347 g/mol. The lowest BCUT2D eigenvalue weighted by Gasteiger charge is -2.17. The summed E-state index contributed by atoms with van der Waals surface area (Å²) in [5.74, 6) is 1.72. The summed E-state index contributed by atoms with van der Waals surface area (Å²) in [4.78, 5) is 11.9. The van der Waals surface area contributed by atoms with Crippen LogP contribution in [0.2, 0.25) is 0 Å². The Morgan fingerprint density at radius 2 is 1.95 bits per heavy atom. The van der Waals surface area contributed by atoms with Crippen LogP contribution in [-0.4, -0.2) is 37.1 Å². The van der Waals surface area contributed by atoms with Gasteiger partial charge in [-0.05, 0) is 55.9 Å². The van der Waals surface area contributed by atoms with Crippen LogP contribution in [0.15, 0.2) is 24.3 Å². The minimum absolute atomic E-state index is 0. The van der Waals surface area contributed by atoms with Gasteiger partial charge in [0.1, 0.15) is 5.75 Å². The normalized spacial score (nSPS) is 12.9. The molecule has 1 unspecified atom stereocenters. The Kier molecular flexibility index (Phi) is 11.1. The molecular weight excluding hydrogens is 320 g/mol. The number of nitrogens with two attached hydrogens (primary N) is 1. The van der Waals surface area contributed by atoms with E-state index < -0.39 is 6.04 Å². The number of nitrogens with one attached hydrogen (secondary N) is 1. The number of carbonyl (C=O) groups is 1. The molecule has 0 saturated carbocycles. The molecule has 3 N–H and O–H groups in total. The number of hydrogen-bond acceptors (Lipinski definition) is 4. The van der Waals surface area contributed by atoms with E-state index in [4.69, 9.17) is 10.5 Å². The fourth-order valence-electron chi connectivity index (χ4n) is 1.97. The maximum Gasteiger partial charge on any atom is 0.237 e. The van der Waals surface area contributed by atoms with Crippen LogP contribution in [0.3, 0.4) is 0 Å². The molecule has 1 aromatic rings. The molecule has 22 heavy (non-hydrogen) atoms. The van der Waals surface area contributed by atoms with E-state index in [2.05, 4.69) is 17.4 Å². The highest BCUT2D eigenvalue weighted by Crippen LogP contribution is 2.13. The van der Waals surface area contributed by atoms with E-state index in [-0.39, 0.29) is 24.4 Å². The molecule has 0 bridgehead atoms. The molecule has 0 fully saturated rings. The number of amides is 1. The zero-order valence-electron chi connectivity index (χ0n) is 13.5. The van der Waals surface area contributed by atoms with Gasteiger partial charge in [0.15, 0.2) is 0 Å². The lowest BCUT2D eigenvalue weighted by Crippen LogP contribution is -2.44. The lowest BCUT2D eigenvalue weighted by molar-refractivity contribution is -0.123. The first-order valence-corrected chi connectivity index (χ1v) is 8.64. The number of aryl methyl sites for hydroxylation is 1. The smallest absolute Gasteiger partial charge is 0.237 e. The highest BCUT2D eigenvalue weighted by molar-refractivity contribution is 7.98. The molecule has 1 aromatic carbocycles. The Labute approximate surface area is 144 Å². The molecule has 0 aliphatic carbocycles. The fraction of sp³-hybridized carbons (Fsp3) is 0.562. The molecule has 4 nitrogen and oxygen atoms in total. The molecule has 1 rings (SSSR count). The first-order valence-electron chi connectivity index (χ1n) is 7.24. The highest BCUT2D eigenvalue weighted by atomic mass is 35.5. The summed E-state index contributed by atoms with van der Waals surface area (Å²) in [5.41, 5.74) is 7.09. The van der Waals surface area contributed by atoms with E-state index in [1.807, 2.05) is 25.3 Å². The second-order valence-electron chi connectivity index (χ2n) is 5.18. The van der Waals surface area contributed by atoms with Crippen LogP contribution >= 0.6 is 24.2 Å². The van der Waals surface area contributed by atoms with Crippen molar-refractivity contribution >= 4 is 30.1 Å². The van der Waals surface area contributed by atoms with Gasteiger partial charge in [-0.25, -0.2) is 0 Å². The first-order chi connectivity index (χ1) is 10.1. The molecule has 0 aliphatic rings. The van der Waals surface area contributed by atoms with Crippen molar-refractivity contribution in [2.45, 2.75) is 38.3 Å². The van der Waals surface area contributed by atoms with Gasteiger partial charge >= 0.3 is 0 Å². The zero-order chi connectivity index (χ0) is 15.7. The van der Waals surface area contributed by atoms with E-state index in [9.17, 15) is 4.79 Å². The molecule has 126 valence electrons. The third kappa shape index (κ3) is 7.92. The third-order valence-electron chi connectivity index (χ3n) is 3.38. The van der Waals surface area contributed by atoms with Crippen LogP contribution in [0.25, 0.3) is 0 Å². The summed E-state index contributed by atoms with van der Waals surface area (Å²) in [6, 6.07) is 7.74. The van der Waals surface area contributed by atoms with Crippen LogP contribution in [-0.2, 0) is 11.2 Å². The number of hydrogen-bond donors (Lipinski definition) is 2. The molecule has 0 aliphatic heterocycles. The van der Waals surface area contributed by atoms with Gasteiger partial charge in [-0.15, -0.1) is 12.4 Å². The van der Waals surface area contributed by atoms with Gasteiger partial charge < -0.3 is 15.8 Å². The Morgan fingerprint density at radius 3 is 2.50 bits per heavy atom. The van der Waals surface area contributed by atoms with E-state index in [1.165, 1.54) is 5.56 Å². The van der Waals surface area contributed by atoms with Crippen LogP contribution in [0.5, 0.6) is 5.75 Å². The van der Waals surface area contributed by atoms with Gasteiger partial charge in [0, 0.05) is 6.04 Å². The summed E-state index contributed by atoms with van der Waals surface area (Å²) in [6.07, 6.45) is 4.55. The lowest BCUT2D eigenvalue weighted by atomic mass is 10.1. The quantitative estimate of drug-likeness (QED) is 0.721. The molecular formula is C16H27ClN2O2S. The number of thioether (sulfide) groups is 1. The second kappa shape index (κ2) is 11.6. The van der Waals surface area contributed by atoms with E-state index in [0.717, 1.165) is 30.8 Å². The highest BCUT2D eigenvalue weighted by Gasteiger charge is 2.15. The first kappa shape index (κ1) is 21.1. The topological polar surface area (TPSA) is 64.3 Å². The van der Waals surface area contributed by atoms with Crippen molar-refractivity contribution in [3.63, 3.8) is 0 Å². The Bertz CT molecular complexity index is 429. The third-order valence-corrected chi connectivity index (χ3v) is 4.03. The minimum atomic E-state index is -0.402. The van der Waals surface area contributed by atoms with Crippen LogP contribution < -0.4 is 15.8 Å². The maximum absolute atomic E-state index is 11.9. The van der Waals surface area contributed by atoms with Crippen molar-refractivity contribution in [2.24, 2.45) is 5.73 Å². The predicted molar refractivity (Wildman–Crippen MR) is 97.1 cm³/mol. The van der Waals surface area contributed by atoms with Gasteiger partial charge in [0.25, 0.3) is 0 Å². The van der Waals surface area contributed by atoms with Crippen LogP contribution in [0.1, 0.15) is 25.3 Å². The largest absolute Gasteiger partial charge is 0.497 e. The van der Waals surface area contributed by atoms with Crippen molar-refractivity contribution in [2.75, 3.05) is 19.1 Å².